The zero-order chi connectivity index (χ0) is 35.9. The zero-order valence-electron chi connectivity index (χ0n) is 26.8. The topological polar surface area (TPSA) is 281 Å². The lowest BCUT2D eigenvalue weighted by atomic mass is 9.81. The first-order chi connectivity index (χ1) is 22.6. The molecular weight excluding hydrogens is 658 g/mol. The fraction of sp³-hybridized carbons (Fsp3) is 0.724. The third-order valence-corrected chi connectivity index (χ3v) is 9.42. The molecule has 0 radical (unpaired) electrons. The van der Waals surface area contributed by atoms with Gasteiger partial charge in [0.05, 0.1) is 32.7 Å². The number of hydrogen-bond donors (Lipinski definition) is 7. The molecule has 3 atom stereocenters. The van der Waals surface area contributed by atoms with E-state index < -0.39 is 64.9 Å². The highest BCUT2D eigenvalue weighted by Crippen LogP contribution is 2.39. The van der Waals surface area contributed by atoms with Gasteiger partial charge in [-0.1, -0.05) is 0 Å². The Morgan fingerprint density at radius 1 is 0.958 bits per heavy atom. The Labute approximate surface area is 281 Å². The van der Waals surface area contributed by atoms with E-state index in [1.165, 1.54) is 4.90 Å². The van der Waals surface area contributed by atoms with Crippen molar-refractivity contribution in [3.8, 4) is 0 Å². The lowest BCUT2D eigenvalue weighted by molar-refractivity contribution is -0.141. The Kier molecular flexibility index (Phi) is 16.7. The van der Waals surface area contributed by atoms with Crippen LogP contribution in [0.15, 0.2) is 0 Å². The molecule has 18 nitrogen and oxygen atoms in total. The van der Waals surface area contributed by atoms with Crippen LogP contribution in [0.4, 0.5) is 0 Å². The van der Waals surface area contributed by atoms with Crippen molar-refractivity contribution in [1.82, 2.24) is 20.9 Å². The molecule has 3 unspecified atom stereocenters. The van der Waals surface area contributed by atoms with Gasteiger partial charge in [-0.2, -0.15) is 0 Å². The molecule has 0 aromatic heterocycles. The summed E-state index contributed by atoms with van der Waals surface area (Å²) in [5.74, 6) is -6.54. The Hall–Kier alpha value is -3.81. The van der Waals surface area contributed by atoms with E-state index in [1.54, 1.807) is 6.92 Å². The lowest BCUT2D eigenvalue weighted by Crippen LogP contribution is -2.50. The number of nitrogens with two attached hydrogens (primary N) is 1. The second-order valence-corrected chi connectivity index (χ2v) is 13.3. The van der Waals surface area contributed by atoms with Crippen molar-refractivity contribution < 1.29 is 63.1 Å². The summed E-state index contributed by atoms with van der Waals surface area (Å²) in [6.45, 7) is 1.47. The van der Waals surface area contributed by atoms with E-state index in [0.29, 0.717) is 25.7 Å². The van der Waals surface area contributed by atoms with E-state index in [1.807, 2.05) is 0 Å². The Morgan fingerprint density at radius 3 is 2.25 bits per heavy atom. The molecule has 1 saturated heterocycles. The molecule has 0 bridgehead atoms. The van der Waals surface area contributed by atoms with E-state index in [9.17, 15) is 38.4 Å². The Balaban J connectivity index is 1.84. The third-order valence-electron chi connectivity index (χ3n) is 7.96. The number of carboxylic acid groups (broad SMARTS) is 3. The minimum Gasteiger partial charge on any atom is -0.481 e. The minimum atomic E-state index is -1.31. The van der Waals surface area contributed by atoms with E-state index in [-0.39, 0.29) is 82.3 Å². The number of likely N-dealkylation sites (tertiary alicyclic amines) is 1. The summed E-state index contributed by atoms with van der Waals surface area (Å²) in [6.07, 6.45) is 1.57. The van der Waals surface area contributed by atoms with Crippen LogP contribution in [0.5, 0.6) is 0 Å². The Morgan fingerprint density at radius 2 is 1.62 bits per heavy atom. The van der Waals surface area contributed by atoms with Crippen molar-refractivity contribution >= 4 is 59.2 Å². The average Bonchev–Trinajstić information content (AvgIpc) is 3.24. The monoisotopic (exact) mass is 703 g/mol. The zero-order valence-corrected chi connectivity index (χ0v) is 27.6. The molecule has 1 heterocycles. The molecule has 1 aliphatic carbocycles. The average molecular weight is 704 g/mol. The van der Waals surface area contributed by atoms with Crippen LogP contribution in [-0.2, 0) is 47.8 Å². The molecule has 0 spiro atoms. The second kappa shape index (κ2) is 19.9. The van der Waals surface area contributed by atoms with E-state index in [0.717, 1.165) is 11.8 Å². The van der Waals surface area contributed by atoms with Gasteiger partial charge in [-0.15, -0.1) is 11.8 Å². The number of carboxylic acids is 3. The number of imide groups is 1. The molecule has 48 heavy (non-hydrogen) atoms. The smallest absolute Gasteiger partial charge is 0.322 e. The second-order valence-electron chi connectivity index (χ2n) is 11.8. The van der Waals surface area contributed by atoms with Gasteiger partial charge in [-0.05, 0) is 44.9 Å². The number of ether oxygens (including phenoxy) is 2. The van der Waals surface area contributed by atoms with Crippen LogP contribution in [0.2, 0.25) is 0 Å². The van der Waals surface area contributed by atoms with Gasteiger partial charge in [0, 0.05) is 24.6 Å². The highest BCUT2D eigenvalue weighted by Gasteiger charge is 2.49. The van der Waals surface area contributed by atoms with Crippen LogP contribution in [0.3, 0.4) is 0 Å². The normalized spacial score (nSPS) is 22.1. The number of carbonyl (C=O) groups is 8. The van der Waals surface area contributed by atoms with Crippen molar-refractivity contribution in [3.05, 3.63) is 0 Å². The SMILES string of the molecule is CC1(SCC(NC(=O)CCC(N)C(=O)O)C(=O)NCC(=O)O)CC(=O)N(CC2CCC(C(=O)NCOCCOCCC(=O)O)CC2)C1=O. The molecule has 270 valence electrons. The highest BCUT2D eigenvalue weighted by atomic mass is 32.2. The number of nitrogens with zero attached hydrogens (tertiary/aromatic N) is 1. The molecule has 1 saturated carbocycles. The third kappa shape index (κ3) is 13.7. The summed E-state index contributed by atoms with van der Waals surface area (Å²) < 4.78 is 9.15. The van der Waals surface area contributed by atoms with E-state index in [2.05, 4.69) is 16.0 Å². The first kappa shape index (κ1) is 40.4. The number of rotatable bonds is 22. The molecule has 0 aromatic rings. The molecule has 2 aliphatic rings. The van der Waals surface area contributed by atoms with Crippen molar-refractivity contribution in [3.63, 3.8) is 0 Å². The fourth-order valence-corrected chi connectivity index (χ4v) is 6.38. The quantitative estimate of drug-likeness (QED) is 0.0384. The van der Waals surface area contributed by atoms with Gasteiger partial charge in [0.2, 0.25) is 29.5 Å². The fourth-order valence-electron chi connectivity index (χ4n) is 5.15. The number of thioether (sulfide) groups is 1. The largest absolute Gasteiger partial charge is 0.481 e. The minimum absolute atomic E-state index is 0.0143. The van der Waals surface area contributed by atoms with Crippen LogP contribution in [0.1, 0.15) is 58.3 Å². The molecule has 5 amide bonds. The lowest BCUT2D eigenvalue weighted by Gasteiger charge is -2.31. The molecule has 19 heteroatoms. The maximum atomic E-state index is 13.4. The number of hydrogen-bond acceptors (Lipinski definition) is 12. The first-order valence-electron chi connectivity index (χ1n) is 15.5. The summed E-state index contributed by atoms with van der Waals surface area (Å²) in [5.41, 5.74) is 5.43. The number of aliphatic carboxylic acids is 3. The van der Waals surface area contributed by atoms with Gasteiger partial charge < -0.3 is 46.5 Å². The number of carbonyl (C=O) groups excluding carboxylic acids is 5. The predicted molar refractivity (Wildman–Crippen MR) is 167 cm³/mol. The molecule has 2 rings (SSSR count). The molecule has 1 aliphatic heterocycles. The summed E-state index contributed by atoms with van der Waals surface area (Å²) in [6, 6.07) is -2.57. The molecule has 8 N–H and O–H groups in total. The summed E-state index contributed by atoms with van der Waals surface area (Å²) >= 11 is 0.976. The maximum absolute atomic E-state index is 13.4. The van der Waals surface area contributed by atoms with Gasteiger partial charge in [0.25, 0.3) is 0 Å². The maximum Gasteiger partial charge on any atom is 0.322 e. The van der Waals surface area contributed by atoms with Crippen LogP contribution in [0, 0.1) is 11.8 Å². The van der Waals surface area contributed by atoms with Gasteiger partial charge in [0.1, 0.15) is 30.1 Å². The van der Waals surface area contributed by atoms with Gasteiger partial charge >= 0.3 is 17.9 Å². The Bertz CT molecular complexity index is 1200. The van der Waals surface area contributed by atoms with Gasteiger partial charge in [0.15, 0.2) is 0 Å². The van der Waals surface area contributed by atoms with Crippen molar-refractivity contribution in [2.24, 2.45) is 17.6 Å². The van der Waals surface area contributed by atoms with Crippen LogP contribution < -0.4 is 21.7 Å². The summed E-state index contributed by atoms with van der Waals surface area (Å²) in [4.78, 5) is 97.6. The van der Waals surface area contributed by atoms with Crippen molar-refractivity contribution in [2.75, 3.05) is 45.4 Å². The predicted octanol–water partition coefficient (Wildman–Crippen LogP) is -1.50. The van der Waals surface area contributed by atoms with Crippen LogP contribution in [-0.4, -0.2) is 130 Å². The van der Waals surface area contributed by atoms with Crippen molar-refractivity contribution in [1.29, 1.82) is 0 Å². The van der Waals surface area contributed by atoms with Gasteiger partial charge in [-0.25, -0.2) is 0 Å². The van der Waals surface area contributed by atoms with E-state index >= 15 is 0 Å². The first-order valence-corrected chi connectivity index (χ1v) is 16.5. The number of amides is 5. The molecule has 0 aromatic carbocycles. The molecule has 2 fully saturated rings. The van der Waals surface area contributed by atoms with Crippen LogP contribution in [0.25, 0.3) is 0 Å². The summed E-state index contributed by atoms with van der Waals surface area (Å²) in [7, 11) is 0. The van der Waals surface area contributed by atoms with E-state index in [4.69, 9.17) is 30.5 Å². The van der Waals surface area contributed by atoms with Gasteiger partial charge in [-0.3, -0.25) is 43.3 Å². The van der Waals surface area contributed by atoms with Crippen LogP contribution >= 0.6 is 11.8 Å². The molecular formula is C29H45N5O13S. The van der Waals surface area contributed by atoms with Crippen molar-refractivity contribution in [2.45, 2.75) is 75.1 Å². The standard InChI is InChI=1S/C29H45N5O13S/c1-29(48-15-20(26(42)31-13-24(39)40)33-21(35)7-6-19(30)27(43)44)12-22(36)34(28(29)45)14-17-2-4-18(5-3-17)25(41)32-16-47-11-10-46-9-8-23(37)38/h17-20H,2-16,30H2,1H3,(H,31,42)(H,32,41)(H,33,35)(H,37,38)(H,39,40)(H,43,44). The number of nitrogens with one attached hydrogen (secondary N) is 3. The summed E-state index contributed by atoms with van der Waals surface area (Å²) in [5, 5.41) is 33.7. The highest BCUT2D eigenvalue weighted by molar-refractivity contribution is 8.01.